The first-order valence-corrected chi connectivity index (χ1v) is 11.2. The molecule has 2 N–H and O–H groups in total. The average molecular weight is 465 g/mol. The van der Waals surface area contributed by atoms with Crippen molar-refractivity contribution in [3.63, 3.8) is 0 Å². The van der Waals surface area contributed by atoms with Crippen molar-refractivity contribution in [2.24, 2.45) is 0 Å². The topological polar surface area (TPSA) is 97.9 Å². The fourth-order valence-electron chi connectivity index (χ4n) is 3.61. The van der Waals surface area contributed by atoms with Gasteiger partial charge in [0.05, 0.1) is 6.33 Å². The minimum Gasteiger partial charge on any atom is -0.332 e. The number of carbonyl (C=O) groups is 1. The Balaban J connectivity index is 1.20. The van der Waals surface area contributed by atoms with E-state index in [4.69, 9.17) is 4.52 Å². The summed E-state index contributed by atoms with van der Waals surface area (Å²) < 4.78 is 7.36. The Kier molecular flexibility index (Phi) is 6.09. The van der Waals surface area contributed by atoms with Crippen molar-refractivity contribution in [1.82, 2.24) is 19.7 Å². The summed E-state index contributed by atoms with van der Waals surface area (Å²) in [7, 11) is 0. The van der Waals surface area contributed by atoms with Crippen LogP contribution < -0.4 is 10.6 Å². The molecule has 0 aliphatic rings. The summed E-state index contributed by atoms with van der Waals surface area (Å²) in [6, 6.07) is 23.0. The molecular weight excluding hydrogens is 440 g/mol. The van der Waals surface area contributed by atoms with Crippen molar-refractivity contribution in [2.45, 2.75) is 20.4 Å². The number of aromatic nitrogens is 4. The van der Waals surface area contributed by atoms with E-state index in [1.165, 1.54) is 5.56 Å². The van der Waals surface area contributed by atoms with Crippen LogP contribution >= 0.6 is 0 Å². The van der Waals surface area contributed by atoms with Gasteiger partial charge in [0.1, 0.15) is 5.69 Å². The summed E-state index contributed by atoms with van der Waals surface area (Å²) in [5, 5.41) is 9.80. The number of amides is 2. The molecule has 0 atom stereocenters. The molecule has 2 aromatic heterocycles. The van der Waals surface area contributed by atoms with E-state index in [1.807, 2.05) is 97.4 Å². The molecule has 8 heteroatoms. The molecule has 2 amide bonds. The van der Waals surface area contributed by atoms with Gasteiger partial charge in [-0.05, 0) is 43.2 Å². The number of nitrogens with one attached hydrogen (secondary N) is 2. The second kappa shape index (κ2) is 9.64. The van der Waals surface area contributed by atoms with Gasteiger partial charge in [0.2, 0.25) is 5.82 Å². The van der Waals surface area contributed by atoms with Crippen LogP contribution in [0.3, 0.4) is 0 Å². The van der Waals surface area contributed by atoms with Crippen LogP contribution in [0.1, 0.15) is 16.7 Å². The van der Waals surface area contributed by atoms with E-state index in [2.05, 4.69) is 25.8 Å². The van der Waals surface area contributed by atoms with Crippen LogP contribution in [0.5, 0.6) is 0 Å². The van der Waals surface area contributed by atoms with Crippen LogP contribution in [-0.4, -0.2) is 25.7 Å². The molecule has 174 valence electrons. The van der Waals surface area contributed by atoms with Gasteiger partial charge in [0.15, 0.2) is 0 Å². The van der Waals surface area contributed by atoms with Gasteiger partial charge in [-0.25, -0.2) is 9.78 Å². The third kappa shape index (κ3) is 5.27. The van der Waals surface area contributed by atoms with Crippen molar-refractivity contribution in [1.29, 1.82) is 0 Å². The van der Waals surface area contributed by atoms with Crippen molar-refractivity contribution in [2.75, 3.05) is 10.6 Å². The van der Waals surface area contributed by atoms with Gasteiger partial charge in [-0.2, -0.15) is 4.98 Å². The lowest BCUT2D eigenvalue weighted by atomic mass is 10.1. The molecule has 3 aromatic carbocycles. The molecule has 0 fully saturated rings. The molecule has 35 heavy (non-hydrogen) atoms. The molecule has 2 heterocycles. The summed E-state index contributed by atoms with van der Waals surface area (Å²) in [5.41, 5.74) is 6.23. The predicted molar refractivity (Wildman–Crippen MR) is 135 cm³/mol. The maximum atomic E-state index is 12.3. The summed E-state index contributed by atoms with van der Waals surface area (Å²) in [6.07, 6.45) is 3.60. The first kappa shape index (κ1) is 22.1. The molecule has 0 radical (unpaired) electrons. The Morgan fingerprint density at radius 3 is 2.49 bits per heavy atom. The van der Waals surface area contributed by atoms with Gasteiger partial charge in [-0.3, -0.25) is 0 Å². The summed E-state index contributed by atoms with van der Waals surface area (Å²) in [6.45, 7) is 4.60. The predicted octanol–water partition coefficient (Wildman–Crippen LogP) is 5.91. The first-order chi connectivity index (χ1) is 17.0. The maximum Gasteiger partial charge on any atom is 0.323 e. The highest BCUT2D eigenvalue weighted by Gasteiger charge is 2.13. The normalized spacial score (nSPS) is 10.8. The monoisotopic (exact) mass is 464 g/mol. The fourth-order valence-corrected chi connectivity index (χ4v) is 3.61. The minimum atomic E-state index is -0.282. The van der Waals surface area contributed by atoms with E-state index in [-0.39, 0.29) is 6.03 Å². The second-order valence-corrected chi connectivity index (χ2v) is 8.31. The zero-order chi connectivity index (χ0) is 24.2. The van der Waals surface area contributed by atoms with Crippen LogP contribution in [0.15, 0.2) is 89.8 Å². The van der Waals surface area contributed by atoms with Crippen molar-refractivity contribution >= 4 is 17.4 Å². The number of hydrogen-bond donors (Lipinski definition) is 2. The molecule has 0 saturated carbocycles. The summed E-state index contributed by atoms with van der Waals surface area (Å²) in [4.78, 5) is 21.2. The molecular formula is C27H24N6O2. The van der Waals surface area contributed by atoms with E-state index < -0.39 is 0 Å². The molecule has 5 aromatic rings. The van der Waals surface area contributed by atoms with Gasteiger partial charge < -0.3 is 19.7 Å². The molecule has 8 nitrogen and oxygen atoms in total. The van der Waals surface area contributed by atoms with Gasteiger partial charge in [-0.15, -0.1) is 0 Å². The molecule has 0 bridgehead atoms. The lowest BCUT2D eigenvalue weighted by Gasteiger charge is -2.10. The number of rotatable bonds is 6. The van der Waals surface area contributed by atoms with E-state index in [0.717, 1.165) is 22.4 Å². The van der Waals surface area contributed by atoms with E-state index >= 15 is 0 Å². The lowest BCUT2D eigenvalue weighted by molar-refractivity contribution is 0.262. The Morgan fingerprint density at radius 1 is 0.943 bits per heavy atom. The smallest absolute Gasteiger partial charge is 0.323 e. The van der Waals surface area contributed by atoms with Gasteiger partial charge in [-0.1, -0.05) is 65.3 Å². The number of nitrogens with zero attached hydrogens (tertiary/aromatic N) is 4. The Labute approximate surface area is 202 Å². The standard InChI is InChI=1S/C27H24N6O2/c1-18-7-11-21(12-8-18)25-31-26(35-32-25)24-16-33(17-28-24)15-20-9-13-22(14-10-20)29-27(34)30-23-6-4-3-5-19(23)2/h3-14,16-17H,15H2,1-2H3,(H2,29,30,34). The number of carbonyl (C=O) groups excluding carboxylic acids is 1. The third-order valence-corrected chi connectivity index (χ3v) is 5.56. The van der Waals surface area contributed by atoms with Gasteiger partial charge in [0.25, 0.3) is 5.89 Å². The SMILES string of the molecule is Cc1ccc(-c2noc(-c3cn(Cc4ccc(NC(=O)Nc5ccccc5C)cc4)cn3)n2)cc1. The summed E-state index contributed by atoms with van der Waals surface area (Å²) >= 11 is 0. The van der Waals surface area contributed by atoms with E-state index in [1.54, 1.807) is 6.33 Å². The number of aryl methyl sites for hydroxylation is 2. The number of imidazole rings is 1. The highest BCUT2D eigenvalue weighted by Crippen LogP contribution is 2.22. The zero-order valence-electron chi connectivity index (χ0n) is 19.4. The Bertz CT molecular complexity index is 1450. The van der Waals surface area contributed by atoms with Gasteiger partial charge in [0, 0.05) is 29.7 Å². The Hall–Kier alpha value is -4.72. The number of para-hydroxylation sites is 1. The molecule has 0 aliphatic carbocycles. The van der Waals surface area contributed by atoms with Crippen molar-refractivity contribution < 1.29 is 9.32 Å². The minimum absolute atomic E-state index is 0.282. The number of urea groups is 1. The van der Waals surface area contributed by atoms with Crippen molar-refractivity contribution in [3.8, 4) is 23.0 Å². The molecule has 5 rings (SSSR count). The van der Waals surface area contributed by atoms with Gasteiger partial charge >= 0.3 is 6.03 Å². The van der Waals surface area contributed by atoms with Crippen molar-refractivity contribution in [3.05, 3.63) is 102 Å². The second-order valence-electron chi connectivity index (χ2n) is 8.31. The first-order valence-electron chi connectivity index (χ1n) is 11.2. The maximum absolute atomic E-state index is 12.3. The molecule has 0 unspecified atom stereocenters. The zero-order valence-corrected chi connectivity index (χ0v) is 19.4. The molecule has 0 saturated heterocycles. The van der Waals surface area contributed by atoms with Crippen LogP contribution in [0.25, 0.3) is 23.0 Å². The van der Waals surface area contributed by atoms with Crippen LogP contribution in [-0.2, 0) is 6.54 Å². The molecule has 0 aliphatic heterocycles. The number of benzene rings is 3. The van der Waals surface area contributed by atoms with E-state index in [0.29, 0.717) is 29.6 Å². The number of anilines is 2. The van der Waals surface area contributed by atoms with Crippen LogP contribution in [0, 0.1) is 13.8 Å². The highest BCUT2D eigenvalue weighted by atomic mass is 16.5. The lowest BCUT2D eigenvalue weighted by Crippen LogP contribution is -2.19. The summed E-state index contributed by atoms with van der Waals surface area (Å²) in [5.74, 6) is 0.905. The molecule has 0 spiro atoms. The Morgan fingerprint density at radius 2 is 1.71 bits per heavy atom. The largest absolute Gasteiger partial charge is 0.332 e. The van der Waals surface area contributed by atoms with Crippen LogP contribution in [0.2, 0.25) is 0 Å². The number of hydrogen-bond acceptors (Lipinski definition) is 5. The highest BCUT2D eigenvalue weighted by molar-refractivity contribution is 6.00. The van der Waals surface area contributed by atoms with Crippen LogP contribution in [0.4, 0.5) is 16.2 Å². The quantitative estimate of drug-likeness (QED) is 0.326. The average Bonchev–Trinajstić information content (AvgIpc) is 3.52. The van der Waals surface area contributed by atoms with E-state index in [9.17, 15) is 4.79 Å². The fraction of sp³-hybridized carbons (Fsp3) is 0.111. The third-order valence-electron chi connectivity index (χ3n) is 5.56.